The number of rotatable bonds is 53. The summed E-state index contributed by atoms with van der Waals surface area (Å²) in [5.74, 6) is -0.954. The summed E-state index contributed by atoms with van der Waals surface area (Å²) in [6.07, 6.45) is 88.4. The van der Waals surface area contributed by atoms with Gasteiger partial charge in [-0.15, -0.1) is 0 Å². The normalized spacial score (nSPS) is 13.2. The molecule has 0 radical (unpaired) electrons. The Hall–Kier alpha value is -4.71. The quantitative estimate of drug-likeness (QED) is 0.0261. The first-order valence-corrected chi connectivity index (χ1v) is 30.3. The number of esters is 3. The van der Waals surface area contributed by atoms with Crippen molar-refractivity contribution < 1.29 is 28.6 Å². The van der Waals surface area contributed by atoms with Gasteiger partial charge in [-0.1, -0.05) is 256 Å². The Labute approximate surface area is 461 Å². The largest absolute Gasteiger partial charge is 0.462 e. The molecular formula is C69H110O6. The molecule has 1 atom stereocenters. The lowest BCUT2D eigenvalue weighted by molar-refractivity contribution is -0.167. The third-order valence-corrected chi connectivity index (χ3v) is 12.3. The standard InChI is InChI=1S/C69H110O6/c1-4-7-10-13-16-19-22-24-26-28-29-30-31-32-33-34-35-36-37-38-39-41-42-44-47-50-53-56-59-62-68(71)74-65-66(64-73-67(70)61-58-55-52-49-46-21-18-15-12-9-6-3)75-69(72)63-60-57-54-51-48-45-43-40-27-25-23-20-17-14-11-8-5-2/h7-8,10-11,16-17,19-20,24-27,29-30,32-33,35-36,38-39,42-45,66H,4-6,9,12-15,18,21-23,28,31,34,37,40-41,46-65H2,1-3H3/b10-7-,11-8-,19-16-,20-17-,26-24-,27-25-,30-29-,33-32-,36-35-,39-38-,44-42-,45-43-. The van der Waals surface area contributed by atoms with E-state index in [0.717, 1.165) is 161 Å². The van der Waals surface area contributed by atoms with E-state index in [-0.39, 0.29) is 37.5 Å². The lowest BCUT2D eigenvalue weighted by Gasteiger charge is -2.18. The molecule has 0 aliphatic heterocycles. The minimum atomic E-state index is -0.806. The number of carbonyl (C=O) groups is 3. The monoisotopic (exact) mass is 1030 g/mol. The first-order valence-electron chi connectivity index (χ1n) is 30.3. The van der Waals surface area contributed by atoms with Crippen LogP contribution in [-0.4, -0.2) is 37.2 Å². The second kappa shape index (κ2) is 61.8. The first kappa shape index (κ1) is 70.3. The highest BCUT2D eigenvalue weighted by atomic mass is 16.6. The van der Waals surface area contributed by atoms with Crippen molar-refractivity contribution in [2.75, 3.05) is 13.2 Å². The fourth-order valence-electron chi connectivity index (χ4n) is 7.86. The summed E-state index contributed by atoms with van der Waals surface area (Å²) in [6, 6.07) is 0. The SMILES string of the molecule is CC/C=C\C/C=C\C/C=C\C/C=C\C/C=C\C/C=C\C/C=C\C/C=C\CCCCCCC(=O)OCC(COC(=O)CCCCCCCCCCCCC)OC(=O)CCCCCC/C=C\C/C=C\C/C=C\C/C=C\CC. The van der Waals surface area contributed by atoms with Gasteiger partial charge in [-0.2, -0.15) is 0 Å². The van der Waals surface area contributed by atoms with Gasteiger partial charge in [0.1, 0.15) is 13.2 Å². The minimum absolute atomic E-state index is 0.0997. The number of hydrogen-bond acceptors (Lipinski definition) is 6. The number of hydrogen-bond donors (Lipinski definition) is 0. The number of ether oxygens (including phenoxy) is 3. The lowest BCUT2D eigenvalue weighted by Crippen LogP contribution is -2.30. The maximum atomic E-state index is 12.9. The predicted octanol–water partition coefficient (Wildman–Crippen LogP) is 20.8. The van der Waals surface area contributed by atoms with Crippen LogP contribution in [0.1, 0.15) is 252 Å². The van der Waals surface area contributed by atoms with Crippen molar-refractivity contribution in [3.63, 3.8) is 0 Å². The molecule has 1 unspecified atom stereocenters. The van der Waals surface area contributed by atoms with Crippen molar-refractivity contribution in [1.29, 1.82) is 0 Å². The van der Waals surface area contributed by atoms with Crippen LogP contribution in [0.3, 0.4) is 0 Å². The Morgan fingerprint density at radius 2 is 0.520 bits per heavy atom. The molecule has 0 spiro atoms. The molecule has 0 saturated heterocycles. The van der Waals surface area contributed by atoms with E-state index in [1.807, 2.05) is 0 Å². The molecule has 422 valence electrons. The number of carbonyl (C=O) groups excluding carboxylic acids is 3. The van der Waals surface area contributed by atoms with Crippen LogP contribution in [0.15, 0.2) is 146 Å². The van der Waals surface area contributed by atoms with Gasteiger partial charge in [-0.3, -0.25) is 14.4 Å². The Kier molecular flexibility index (Phi) is 58.0. The van der Waals surface area contributed by atoms with Gasteiger partial charge < -0.3 is 14.2 Å². The Balaban J connectivity index is 4.40. The summed E-state index contributed by atoms with van der Waals surface area (Å²) >= 11 is 0. The summed E-state index contributed by atoms with van der Waals surface area (Å²) < 4.78 is 16.8. The van der Waals surface area contributed by atoms with E-state index >= 15 is 0 Å². The second-order valence-corrected chi connectivity index (χ2v) is 19.5. The van der Waals surface area contributed by atoms with E-state index in [0.29, 0.717) is 12.8 Å². The highest BCUT2D eigenvalue weighted by Gasteiger charge is 2.19. The van der Waals surface area contributed by atoms with Crippen LogP contribution in [0.25, 0.3) is 0 Å². The molecule has 0 rings (SSSR count). The topological polar surface area (TPSA) is 78.9 Å². The molecule has 0 saturated carbocycles. The molecule has 75 heavy (non-hydrogen) atoms. The molecule has 0 bridgehead atoms. The summed E-state index contributed by atoms with van der Waals surface area (Å²) in [5.41, 5.74) is 0. The zero-order chi connectivity index (χ0) is 54.3. The van der Waals surface area contributed by atoms with Crippen LogP contribution in [0.5, 0.6) is 0 Å². The zero-order valence-corrected chi connectivity index (χ0v) is 48.3. The van der Waals surface area contributed by atoms with Crippen LogP contribution in [-0.2, 0) is 28.6 Å². The predicted molar refractivity (Wildman–Crippen MR) is 325 cm³/mol. The van der Waals surface area contributed by atoms with E-state index < -0.39 is 6.10 Å². The molecule has 0 aromatic carbocycles. The van der Waals surface area contributed by atoms with Gasteiger partial charge in [0.25, 0.3) is 0 Å². The van der Waals surface area contributed by atoms with Crippen LogP contribution in [0.4, 0.5) is 0 Å². The lowest BCUT2D eigenvalue weighted by atomic mass is 10.1. The molecule has 6 heteroatoms. The molecule has 0 aliphatic carbocycles. The van der Waals surface area contributed by atoms with Crippen LogP contribution < -0.4 is 0 Å². The summed E-state index contributed by atoms with van der Waals surface area (Å²) in [6.45, 7) is 6.36. The molecular weight excluding hydrogens is 925 g/mol. The Morgan fingerprint density at radius 1 is 0.280 bits per heavy atom. The van der Waals surface area contributed by atoms with Gasteiger partial charge in [0.05, 0.1) is 0 Å². The van der Waals surface area contributed by atoms with Gasteiger partial charge >= 0.3 is 17.9 Å². The van der Waals surface area contributed by atoms with Crippen molar-refractivity contribution in [2.24, 2.45) is 0 Å². The maximum Gasteiger partial charge on any atom is 0.306 e. The molecule has 0 aromatic heterocycles. The van der Waals surface area contributed by atoms with E-state index in [1.54, 1.807) is 0 Å². The van der Waals surface area contributed by atoms with Crippen LogP contribution in [0.2, 0.25) is 0 Å². The minimum Gasteiger partial charge on any atom is -0.462 e. The van der Waals surface area contributed by atoms with Crippen molar-refractivity contribution in [2.45, 2.75) is 258 Å². The molecule has 0 aliphatic rings. The van der Waals surface area contributed by atoms with Gasteiger partial charge in [-0.25, -0.2) is 0 Å². The third kappa shape index (κ3) is 60.0. The van der Waals surface area contributed by atoms with Gasteiger partial charge in [0.2, 0.25) is 0 Å². The van der Waals surface area contributed by atoms with Crippen LogP contribution in [0, 0.1) is 0 Å². The fraction of sp³-hybridized carbons (Fsp3) is 0.609. The van der Waals surface area contributed by atoms with Crippen molar-refractivity contribution in [1.82, 2.24) is 0 Å². The third-order valence-electron chi connectivity index (χ3n) is 12.3. The fourth-order valence-corrected chi connectivity index (χ4v) is 7.86. The summed E-state index contributed by atoms with van der Waals surface area (Å²) in [4.78, 5) is 38.2. The Morgan fingerprint density at radius 3 is 0.813 bits per heavy atom. The van der Waals surface area contributed by atoms with Gasteiger partial charge in [0.15, 0.2) is 6.10 Å². The highest BCUT2D eigenvalue weighted by Crippen LogP contribution is 2.14. The molecule has 0 heterocycles. The molecule has 6 nitrogen and oxygen atoms in total. The average molecular weight is 1040 g/mol. The van der Waals surface area contributed by atoms with Crippen molar-refractivity contribution in [3.8, 4) is 0 Å². The average Bonchev–Trinajstić information content (AvgIpc) is 3.41. The molecule has 0 N–H and O–H groups in total. The molecule has 0 fully saturated rings. The van der Waals surface area contributed by atoms with Gasteiger partial charge in [0, 0.05) is 19.3 Å². The second-order valence-electron chi connectivity index (χ2n) is 19.5. The van der Waals surface area contributed by atoms with E-state index in [4.69, 9.17) is 14.2 Å². The van der Waals surface area contributed by atoms with E-state index in [2.05, 4.69) is 167 Å². The van der Waals surface area contributed by atoms with Crippen LogP contribution >= 0.6 is 0 Å². The number of allylic oxidation sites excluding steroid dienone is 24. The van der Waals surface area contributed by atoms with Crippen molar-refractivity contribution in [3.05, 3.63) is 146 Å². The number of unbranched alkanes of at least 4 members (excludes halogenated alkanes) is 18. The van der Waals surface area contributed by atoms with E-state index in [9.17, 15) is 14.4 Å². The summed E-state index contributed by atoms with van der Waals surface area (Å²) in [5, 5.41) is 0. The Bertz CT molecular complexity index is 1660. The zero-order valence-electron chi connectivity index (χ0n) is 48.3. The molecule has 0 aromatic rings. The smallest absolute Gasteiger partial charge is 0.306 e. The molecule has 0 amide bonds. The van der Waals surface area contributed by atoms with E-state index in [1.165, 1.54) is 51.4 Å². The maximum absolute atomic E-state index is 12.9. The van der Waals surface area contributed by atoms with Gasteiger partial charge in [-0.05, 0) is 122 Å². The summed E-state index contributed by atoms with van der Waals surface area (Å²) in [7, 11) is 0. The first-order chi connectivity index (χ1) is 37.0. The van der Waals surface area contributed by atoms with Crippen molar-refractivity contribution >= 4 is 17.9 Å². The highest BCUT2D eigenvalue weighted by molar-refractivity contribution is 5.71.